The molecule has 3 heterocycles. The Morgan fingerprint density at radius 2 is 1.69 bits per heavy atom. The molecule has 1 aliphatic carbocycles. The fourth-order valence-electron chi connectivity index (χ4n) is 5.32. The van der Waals surface area contributed by atoms with Crippen molar-refractivity contribution in [1.29, 1.82) is 5.26 Å². The molecule has 1 aromatic heterocycles. The summed E-state index contributed by atoms with van der Waals surface area (Å²) < 4.78 is 34.2. The Morgan fingerprint density at radius 1 is 0.972 bits per heavy atom. The monoisotopic (exact) mass is 502 g/mol. The molecular formula is C27H26N4O4S. The van der Waals surface area contributed by atoms with Crippen molar-refractivity contribution in [3.8, 4) is 17.2 Å². The van der Waals surface area contributed by atoms with E-state index in [9.17, 15) is 18.5 Å². The molecule has 3 aliphatic rings. The summed E-state index contributed by atoms with van der Waals surface area (Å²) in [5.74, 6) is -0.156. The van der Waals surface area contributed by atoms with Crippen molar-refractivity contribution >= 4 is 26.8 Å². The molecule has 1 spiro atoms. The van der Waals surface area contributed by atoms with Gasteiger partial charge in [-0.15, -0.1) is 0 Å². The van der Waals surface area contributed by atoms with Gasteiger partial charge in [0.15, 0.2) is 0 Å². The molecule has 0 radical (unpaired) electrons. The lowest BCUT2D eigenvalue weighted by Gasteiger charge is -2.47. The number of carbonyl (C=O) groups excluding carboxylic acids is 1. The number of pyridine rings is 1. The number of amides is 1. The fourth-order valence-corrected chi connectivity index (χ4v) is 6.76. The van der Waals surface area contributed by atoms with Gasteiger partial charge in [-0.05, 0) is 61.1 Å². The van der Waals surface area contributed by atoms with Crippen LogP contribution in [0.1, 0.15) is 25.7 Å². The molecule has 8 nitrogen and oxygen atoms in total. The number of nitriles is 1. The number of hydrogen-bond acceptors (Lipinski definition) is 6. The minimum atomic E-state index is -3.66. The second kappa shape index (κ2) is 8.37. The number of fused-ring (bicyclic) bond motifs is 1. The fraction of sp³-hybridized carbons (Fsp3) is 0.370. The van der Waals surface area contributed by atoms with Crippen molar-refractivity contribution in [2.24, 2.45) is 0 Å². The first-order valence-electron chi connectivity index (χ1n) is 12.2. The first-order chi connectivity index (χ1) is 17.3. The van der Waals surface area contributed by atoms with E-state index in [-0.39, 0.29) is 17.4 Å². The highest BCUT2D eigenvalue weighted by Gasteiger charge is 2.56. The van der Waals surface area contributed by atoms with Gasteiger partial charge in [0, 0.05) is 24.7 Å². The van der Waals surface area contributed by atoms with Crippen LogP contribution in [0.2, 0.25) is 0 Å². The first-order valence-corrected chi connectivity index (χ1v) is 13.6. The van der Waals surface area contributed by atoms with E-state index in [2.05, 4.69) is 11.1 Å². The van der Waals surface area contributed by atoms with E-state index in [0.717, 1.165) is 22.0 Å². The summed E-state index contributed by atoms with van der Waals surface area (Å²) in [5, 5.41) is 10.6. The predicted molar refractivity (Wildman–Crippen MR) is 133 cm³/mol. The second-order valence-electron chi connectivity index (χ2n) is 9.93. The SMILES string of the molecule is N#CC1(N2CC3(CCN(S(=O)(=O)c4ccc(-c5ccc6cccnc6c5)cc4)CC3)OCC2=O)CC1. The van der Waals surface area contributed by atoms with E-state index in [4.69, 9.17) is 4.74 Å². The van der Waals surface area contributed by atoms with Gasteiger partial charge in [0.1, 0.15) is 12.1 Å². The smallest absolute Gasteiger partial charge is 0.249 e. The zero-order chi connectivity index (χ0) is 25.0. The van der Waals surface area contributed by atoms with Crippen LogP contribution in [0.25, 0.3) is 22.0 Å². The number of hydrogen-bond donors (Lipinski definition) is 0. The molecule has 0 unspecified atom stereocenters. The Morgan fingerprint density at radius 3 is 2.39 bits per heavy atom. The molecule has 0 N–H and O–H groups in total. The summed E-state index contributed by atoms with van der Waals surface area (Å²) in [4.78, 5) is 18.7. The summed E-state index contributed by atoms with van der Waals surface area (Å²) in [7, 11) is -3.66. The van der Waals surface area contributed by atoms with Gasteiger partial charge in [0.2, 0.25) is 15.9 Å². The van der Waals surface area contributed by atoms with Gasteiger partial charge in [0.05, 0.1) is 28.6 Å². The summed E-state index contributed by atoms with van der Waals surface area (Å²) in [6.07, 6.45) is 4.11. The maximum absolute atomic E-state index is 13.4. The quantitative estimate of drug-likeness (QED) is 0.542. The molecule has 1 amide bonds. The maximum atomic E-state index is 13.4. The van der Waals surface area contributed by atoms with Crippen LogP contribution in [0, 0.1) is 11.3 Å². The Balaban J connectivity index is 1.16. The molecule has 2 aliphatic heterocycles. The lowest BCUT2D eigenvalue weighted by atomic mass is 9.89. The van der Waals surface area contributed by atoms with Gasteiger partial charge in [-0.3, -0.25) is 9.78 Å². The zero-order valence-electron chi connectivity index (χ0n) is 19.8. The zero-order valence-corrected chi connectivity index (χ0v) is 20.6. The average molecular weight is 503 g/mol. The molecule has 6 rings (SSSR count). The number of ether oxygens (including phenoxy) is 1. The molecule has 2 aromatic carbocycles. The molecule has 1 saturated carbocycles. The van der Waals surface area contributed by atoms with E-state index in [1.807, 2.05) is 42.5 Å². The predicted octanol–water partition coefficient (Wildman–Crippen LogP) is 3.34. The molecule has 36 heavy (non-hydrogen) atoms. The molecule has 0 bridgehead atoms. The Labute approximate surface area is 210 Å². The van der Waals surface area contributed by atoms with Gasteiger partial charge in [-0.25, -0.2) is 8.42 Å². The summed E-state index contributed by atoms with van der Waals surface area (Å²) in [6, 6.07) is 19.2. The number of rotatable bonds is 4. The number of nitrogens with zero attached hydrogens (tertiary/aromatic N) is 4. The molecule has 3 aromatic rings. The number of morpholine rings is 1. The topological polar surface area (TPSA) is 104 Å². The van der Waals surface area contributed by atoms with E-state index >= 15 is 0 Å². The van der Waals surface area contributed by atoms with Crippen molar-refractivity contribution in [3.63, 3.8) is 0 Å². The standard InChI is InChI=1S/C27H26N4O4S/c28-18-26(9-10-26)31-19-27(35-17-25(31)32)11-14-30(15-12-27)36(33,34)23-7-5-20(6-8-23)22-4-3-21-2-1-13-29-24(21)16-22/h1-8,13,16H,9-12,14-15,17,19H2. The van der Waals surface area contributed by atoms with Gasteiger partial charge in [-0.1, -0.05) is 30.3 Å². The third-order valence-corrected chi connectivity index (χ3v) is 9.68. The van der Waals surface area contributed by atoms with Crippen LogP contribution >= 0.6 is 0 Å². The summed E-state index contributed by atoms with van der Waals surface area (Å²) >= 11 is 0. The van der Waals surface area contributed by atoms with Crippen LogP contribution < -0.4 is 0 Å². The van der Waals surface area contributed by atoms with Crippen LogP contribution in [-0.4, -0.2) is 65.9 Å². The van der Waals surface area contributed by atoms with E-state index in [1.54, 1.807) is 23.2 Å². The van der Waals surface area contributed by atoms with E-state index in [0.29, 0.717) is 45.3 Å². The van der Waals surface area contributed by atoms with Crippen LogP contribution in [0.3, 0.4) is 0 Å². The second-order valence-corrected chi connectivity index (χ2v) is 11.9. The largest absolute Gasteiger partial charge is 0.363 e. The third kappa shape index (κ3) is 3.86. The minimum absolute atomic E-state index is 0.0536. The first kappa shape index (κ1) is 23.1. The van der Waals surface area contributed by atoms with Crippen molar-refractivity contribution in [1.82, 2.24) is 14.2 Å². The number of piperidine rings is 1. The van der Waals surface area contributed by atoms with Gasteiger partial charge in [-0.2, -0.15) is 9.57 Å². The molecule has 9 heteroatoms. The normalized spacial score (nSPS) is 21.4. The van der Waals surface area contributed by atoms with Gasteiger partial charge < -0.3 is 9.64 Å². The van der Waals surface area contributed by atoms with Crippen LogP contribution in [0.15, 0.2) is 65.7 Å². The lowest BCUT2D eigenvalue weighted by Crippen LogP contribution is -2.61. The number of benzene rings is 2. The molecule has 184 valence electrons. The summed E-state index contributed by atoms with van der Waals surface area (Å²) in [5.41, 5.74) is 1.50. The van der Waals surface area contributed by atoms with Crippen molar-refractivity contribution < 1.29 is 17.9 Å². The van der Waals surface area contributed by atoms with Crippen molar-refractivity contribution in [2.75, 3.05) is 26.2 Å². The lowest BCUT2D eigenvalue weighted by molar-refractivity contribution is -0.173. The molecule has 0 atom stereocenters. The van der Waals surface area contributed by atoms with Crippen LogP contribution in [-0.2, 0) is 19.6 Å². The van der Waals surface area contributed by atoms with E-state index < -0.39 is 21.2 Å². The highest BCUT2D eigenvalue weighted by molar-refractivity contribution is 7.89. The van der Waals surface area contributed by atoms with E-state index in [1.165, 1.54) is 4.31 Å². The third-order valence-electron chi connectivity index (χ3n) is 7.76. The highest BCUT2D eigenvalue weighted by Crippen LogP contribution is 2.45. The Bertz CT molecular complexity index is 1480. The summed E-state index contributed by atoms with van der Waals surface area (Å²) in [6.45, 7) is 0.911. The Hall–Kier alpha value is -3.32. The molecular weight excluding hydrogens is 476 g/mol. The number of sulfonamides is 1. The van der Waals surface area contributed by atoms with Crippen LogP contribution in [0.5, 0.6) is 0 Å². The number of aromatic nitrogens is 1. The van der Waals surface area contributed by atoms with Gasteiger partial charge >= 0.3 is 0 Å². The highest BCUT2D eigenvalue weighted by atomic mass is 32.2. The Kier molecular flexibility index (Phi) is 5.37. The van der Waals surface area contributed by atoms with Crippen molar-refractivity contribution in [2.45, 2.75) is 41.7 Å². The molecule has 3 fully saturated rings. The average Bonchev–Trinajstić information content (AvgIpc) is 3.72. The minimum Gasteiger partial charge on any atom is -0.363 e. The number of carbonyl (C=O) groups is 1. The van der Waals surface area contributed by atoms with Crippen molar-refractivity contribution in [3.05, 3.63) is 60.8 Å². The molecule has 2 saturated heterocycles. The maximum Gasteiger partial charge on any atom is 0.249 e. The van der Waals surface area contributed by atoms with Crippen LogP contribution in [0.4, 0.5) is 0 Å². The van der Waals surface area contributed by atoms with Gasteiger partial charge in [0.25, 0.3) is 0 Å².